The summed E-state index contributed by atoms with van der Waals surface area (Å²) in [5.41, 5.74) is 1.47. The predicted octanol–water partition coefficient (Wildman–Crippen LogP) is 2.87. The van der Waals surface area contributed by atoms with Crippen molar-refractivity contribution in [2.75, 3.05) is 11.9 Å². The Bertz CT molecular complexity index is 525. The highest BCUT2D eigenvalue weighted by atomic mass is 16.2. The number of para-hydroxylation sites is 1. The highest BCUT2D eigenvalue weighted by Crippen LogP contribution is 2.18. The Labute approximate surface area is 125 Å². The SMILES string of the molecule is O=C(Nc1ccccc1C#CCCO)NC1CCCCC1. The topological polar surface area (TPSA) is 61.4 Å². The van der Waals surface area contributed by atoms with Crippen LogP contribution < -0.4 is 10.6 Å². The fraction of sp³-hybridized carbons (Fsp3) is 0.471. The first-order valence-electron chi connectivity index (χ1n) is 7.56. The largest absolute Gasteiger partial charge is 0.395 e. The quantitative estimate of drug-likeness (QED) is 0.748. The Hall–Kier alpha value is -1.99. The Kier molecular flexibility index (Phi) is 6.11. The molecule has 1 saturated carbocycles. The molecule has 1 aromatic rings. The van der Waals surface area contributed by atoms with E-state index in [0.717, 1.165) is 18.4 Å². The van der Waals surface area contributed by atoms with Crippen molar-refractivity contribution in [3.8, 4) is 11.8 Å². The van der Waals surface area contributed by atoms with Gasteiger partial charge in [0.1, 0.15) is 0 Å². The van der Waals surface area contributed by atoms with E-state index in [2.05, 4.69) is 22.5 Å². The molecule has 4 heteroatoms. The molecule has 0 heterocycles. The number of hydrogen-bond acceptors (Lipinski definition) is 2. The van der Waals surface area contributed by atoms with Crippen LogP contribution in [0.4, 0.5) is 10.5 Å². The van der Waals surface area contributed by atoms with Crippen LogP contribution >= 0.6 is 0 Å². The van der Waals surface area contributed by atoms with Gasteiger partial charge in [0, 0.05) is 18.0 Å². The van der Waals surface area contributed by atoms with Crippen molar-refractivity contribution in [2.24, 2.45) is 0 Å². The second-order valence-corrected chi connectivity index (χ2v) is 5.25. The van der Waals surface area contributed by atoms with Gasteiger partial charge in [-0.3, -0.25) is 0 Å². The summed E-state index contributed by atoms with van der Waals surface area (Å²) < 4.78 is 0. The molecule has 2 rings (SSSR count). The second-order valence-electron chi connectivity index (χ2n) is 5.25. The molecule has 0 unspecified atom stereocenters. The van der Waals surface area contributed by atoms with Gasteiger partial charge in [-0.15, -0.1) is 0 Å². The molecule has 1 aliphatic carbocycles. The molecule has 2 amide bonds. The van der Waals surface area contributed by atoms with Crippen molar-refractivity contribution < 1.29 is 9.90 Å². The number of benzene rings is 1. The molecular weight excluding hydrogens is 264 g/mol. The van der Waals surface area contributed by atoms with Crippen LogP contribution in [0.25, 0.3) is 0 Å². The van der Waals surface area contributed by atoms with E-state index in [9.17, 15) is 4.79 Å². The lowest BCUT2D eigenvalue weighted by Crippen LogP contribution is -2.39. The van der Waals surface area contributed by atoms with Gasteiger partial charge in [-0.2, -0.15) is 0 Å². The predicted molar refractivity (Wildman–Crippen MR) is 84.1 cm³/mol. The van der Waals surface area contributed by atoms with Crippen molar-refractivity contribution in [1.82, 2.24) is 5.32 Å². The van der Waals surface area contributed by atoms with E-state index in [4.69, 9.17) is 5.11 Å². The maximum Gasteiger partial charge on any atom is 0.319 e. The number of aliphatic hydroxyl groups is 1. The summed E-state index contributed by atoms with van der Waals surface area (Å²) in [6.45, 7) is 0.0464. The van der Waals surface area contributed by atoms with Crippen LogP contribution in [-0.2, 0) is 0 Å². The zero-order chi connectivity index (χ0) is 14.9. The molecule has 1 aliphatic rings. The number of aliphatic hydroxyl groups excluding tert-OH is 1. The number of carbonyl (C=O) groups is 1. The Morgan fingerprint density at radius 3 is 2.76 bits per heavy atom. The van der Waals surface area contributed by atoms with Crippen LogP contribution in [0.15, 0.2) is 24.3 Å². The van der Waals surface area contributed by atoms with Gasteiger partial charge in [0.2, 0.25) is 0 Å². The number of anilines is 1. The van der Waals surface area contributed by atoms with Crippen LogP contribution in [0.5, 0.6) is 0 Å². The van der Waals surface area contributed by atoms with Gasteiger partial charge >= 0.3 is 6.03 Å². The highest BCUT2D eigenvalue weighted by molar-refractivity contribution is 5.91. The molecule has 0 aliphatic heterocycles. The fourth-order valence-electron chi connectivity index (χ4n) is 2.51. The van der Waals surface area contributed by atoms with E-state index in [-0.39, 0.29) is 18.7 Å². The van der Waals surface area contributed by atoms with Gasteiger partial charge < -0.3 is 15.7 Å². The molecule has 3 N–H and O–H groups in total. The van der Waals surface area contributed by atoms with Crippen LogP contribution in [0.2, 0.25) is 0 Å². The maximum absolute atomic E-state index is 12.1. The lowest BCUT2D eigenvalue weighted by molar-refractivity contribution is 0.244. The molecular formula is C17H22N2O2. The number of urea groups is 1. The van der Waals surface area contributed by atoms with E-state index >= 15 is 0 Å². The Morgan fingerprint density at radius 2 is 2.00 bits per heavy atom. The van der Waals surface area contributed by atoms with Crippen LogP contribution in [-0.4, -0.2) is 23.8 Å². The maximum atomic E-state index is 12.1. The summed E-state index contributed by atoms with van der Waals surface area (Å²) in [6.07, 6.45) is 6.20. The van der Waals surface area contributed by atoms with Crippen LogP contribution in [0, 0.1) is 11.8 Å². The average Bonchev–Trinajstić information content (AvgIpc) is 2.50. The molecule has 1 fully saturated rings. The molecule has 4 nitrogen and oxygen atoms in total. The minimum Gasteiger partial charge on any atom is -0.395 e. The van der Waals surface area contributed by atoms with E-state index in [1.54, 1.807) is 0 Å². The molecule has 0 saturated heterocycles. The minimum atomic E-state index is -0.168. The van der Waals surface area contributed by atoms with E-state index in [0.29, 0.717) is 12.1 Å². The second kappa shape index (κ2) is 8.33. The minimum absolute atomic E-state index is 0.0464. The molecule has 112 valence electrons. The zero-order valence-electron chi connectivity index (χ0n) is 12.2. The first kappa shape index (κ1) is 15.4. The van der Waals surface area contributed by atoms with Crippen molar-refractivity contribution in [3.63, 3.8) is 0 Å². The van der Waals surface area contributed by atoms with Crippen LogP contribution in [0.1, 0.15) is 44.1 Å². The third kappa shape index (κ3) is 5.13. The highest BCUT2D eigenvalue weighted by Gasteiger charge is 2.15. The monoisotopic (exact) mass is 286 g/mol. The standard InChI is InChI=1S/C17H22N2O2/c20-13-7-6-9-14-8-4-5-12-16(14)19-17(21)18-15-10-2-1-3-11-15/h4-5,8,12,15,20H,1-3,7,10-11,13H2,(H2,18,19,21). The molecule has 0 radical (unpaired) electrons. The summed E-state index contributed by atoms with van der Waals surface area (Å²) in [6, 6.07) is 7.56. The molecule has 0 atom stereocenters. The van der Waals surface area contributed by atoms with Crippen molar-refractivity contribution in [1.29, 1.82) is 0 Å². The third-order valence-electron chi connectivity index (χ3n) is 3.58. The Balaban J connectivity index is 1.95. The van der Waals surface area contributed by atoms with Crippen molar-refractivity contribution >= 4 is 11.7 Å². The van der Waals surface area contributed by atoms with Crippen molar-refractivity contribution in [2.45, 2.75) is 44.6 Å². The lowest BCUT2D eigenvalue weighted by atomic mass is 9.96. The summed E-state index contributed by atoms with van der Waals surface area (Å²) in [7, 11) is 0. The van der Waals surface area contributed by atoms with Crippen molar-refractivity contribution in [3.05, 3.63) is 29.8 Å². The van der Waals surface area contributed by atoms with E-state index in [1.807, 2.05) is 24.3 Å². The van der Waals surface area contributed by atoms with E-state index in [1.165, 1.54) is 19.3 Å². The molecule has 0 aromatic heterocycles. The third-order valence-corrected chi connectivity index (χ3v) is 3.58. The van der Waals surface area contributed by atoms with Gasteiger partial charge in [-0.1, -0.05) is 43.2 Å². The molecule has 1 aromatic carbocycles. The fourth-order valence-corrected chi connectivity index (χ4v) is 2.51. The first-order valence-corrected chi connectivity index (χ1v) is 7.56. The lowest BCUT2D eigenvalue weighted by Gasteiger charge is -2.23. The number of amides is 2. The number of rotatable bonds is 3. The van der Waals surface area contributed by atoms with Gasteiger partial charge in [0.05, 0.1) is 12.3 Å². The van der Waals surface area contributed by atoms with Gasteiger partial charge in [0.15, 0.2) is 0 Å². The van der Waals surface area contributed by atoms with Gasteiger partial charge in [-0.05, 0) is 25.0 Å². The van der Waals surface area contributed by atoms with Crippen LogP contribution in [0.3, 0.4) is 0 Å². The molecule has 21 heavy (non-hydrogen) atoms. The average molecular weight is 286 g/mol. The van der Waals surface area contributed by atoms with Gasteiger partial charge in [-0.25, -0.2) is 4.79 Å². The number of carbonyl (C=O) groups excluding carboxylic acids is 1. The summed E-state index contributed by atoms with van der Waals surface area (Å²) >= 11 is 0. The Morgan fingerprint density at radius 1 is 1.24 bits per heavy atom. The van der Waals surface area contributed by atoms with Gasteiger partial charge in [0.25, 0.3) is 0 Å². The van der Waals surface area contributed by atoms with E-state index < -0.39 is 0 Å². The summed E-state index contributed by atoms with van der Waals surface area (Å²) in [5.74, 6) is 5.85. The normalized spacial score (nSPS) is 14.9. The molecule has 0 bridgehead atoms. The smallest absolute Gasteiger partial charge is 0.319 e. The first-order chi connectivity index (χ1) is 10.3. The number of hydrogen-bond donors (Lipinski definition) is 3. The summed E-state index contributed by atoms with van der Waals surface area (Å²) in [5, 5.41) is 14.7. The number of nitrogens with one attached hydrogen (secondary N) is 2. The molecule has 0 spiro atoms. The zero-order valence-corrected chi connectivity index (χ0v) is 12.2. The summed E-state index contributed by atoms with van der Waals surface area (Å²) in [4.78, 5) is 12.1.